The van der Waals surface area contributed by atoms with E-state index in [4.69, 9.17) is 16.0 Å². The van der Waals surface area contributed by atoms with Gasteiger partial charge in [0.15, 0.2) is 11.6 Å². The Morgan fingerprint density at radius 2 is 2.26 bits per heavy atom. The van der Waals surface area contributed by atoms with Crippen LogP contribution in [0, 0.1) is 12.8 Å². The predicted octanol–water partition coefficient (Wildman–Crippen LogP) is 1.04. The van der Waals surface area contributed by atoms with Crippen molar-refractivity contribution in [3.8, 4) is 0 Å². The first kappa shape index (κ1) is 11.0. The van der Waals surface area contributed by atoms with E-state index in [0.717, 1.165) is 29.9 Å². The fraction of sp³-hybridized carbons (Fsp3) is 0.538. The molecule has 100 valence electrons. The lowest BCUT2D eigenvalue weighted by atomic mass is 10.1. The SMILES string of the molecule is Cc1cc2c(N)noc2c(N2CC3CCC2C3N)n1. The number of rotatable bonds is 1. The maximum atomic E-state index is 6.26. The minimum atomic E-state index is 0.248. The van der Waals surface area contributed by atoms with E-state index < -0.39 is 0 Å². The van der Waals surface area contributed by atoms with Crippen molar-refractivity contribution in [2.75, 3.05) is 17.2 Å². The highest BCUT2D eigenvalue weighted by Gasteiger charge is 2.46. The molecule has 3 heterocycles. The van der Waals surface area contributed by atoms with Gasteiger partial charge >= 0.3 is 0 Å². The van der Waals surface area contributed by atoms with Gasteiger partial charge < -0.3 is 20.9 Å². The van der Waals surface area contributed by atoms with Crippen LogP contribution in [0.1, 0.15) is 18.5 Å². The Bertz CT molecular complexity index is 652. The summed E-state index contributed by atoms with van der Waals surface area (Å²) in [6.07, 6.45) is 2.35. The lowest BCUT2D eigenvalue weighted by Gasteiger charge is -2.28. The summed E-state index contributed by atoms with van der Waals surface area (Å²) < 4.78 is 5.37. The molecule has 2 fully saturated rings. The molecular formula is C13H17N5O. The minimum absolute atomic E-state index is 0.248. The molecule has 19 heavy (non-hydrogen) atoms. The van der Waals surface area contributed by atoms with E-state index in [9.17, 15) is 0 Å². The quantitative estimate of drug-likeness (QED) is 0.794. The second-order valence-electron chi connectivity index (χ2n) is 5.67. The van der Waals surface area contributed by atoms with E-state index in [2.05, 4.69) is 15.0 Å². The first-order chi connectivity index (χ1) is 9.15. The molecule has 4 N–H and O–H groups in total. The van der Waals surface area contributed by atoms with Crippen LogP contribution in [0.5, 0.6) is 0 Å². The van der Waals surface area contributed by atoms with Gasteiger partial charge in [-0.05, 0) is 31.7 Å². The number of pyridine rings is 1. The minimum Gasteiger partial charge on any atom is -0.380 e. The Labute approximate surface area is 110 Å². The topological polar surface area (TPSA) is 94.2 Å². The Morgan fingerprint density at radius 3 is 2.95 bits per heavy atom. The van der Waals surface area contributed by atoms with Crippen LogP contribution in [0.2, 0.25) is 0 Å². The van der Waals surface area contributed by atoms with Crippen LogP contribution in [0.4, 0.5) is 11.6 Å². The fourth-order valence-corrected chi connectivity index (χ4v) is 3.56. The molecule has 3 atom stereocenters. The van der Waals surface area contributed by atoms with E-state index in [0.29, 0.717) is 23.4 Å². The van der Waals surface area contributed by atoms with Crippen molar-refractivity contribution in [2.24, 2.45) is 11.7 Å². The zero-order valence-corrected chi connectivity index (χ0v) is 10.8. The average Bonchev–Trinajstić information content (AvgIpc) is 3.03. The van der Waals surface area contributed by atoms with E-state index in [1.165, 1.54) is 6.42 Å². The van der Waals surface area contributed by atoms with E-state index in [-0.39, 0.29) is 6.04 Å². The van der Waals surface area contributed by atoms with Gasteiger partial charge in [-0.25, -0.2) is 4.98 Å². The number of anilines is 2. The lowest BCUT2D eigenvalue weighted by Crippen LogP contribution is -2.38. The van der Waals surface area contributed by atoms with Crippen LogP contribution in [0.25, 0.3) is 11.0 Å². The van der Waals surface area contributed by atoms with Crippen LogP contribution in [0.15, 0.2) is 10.6 Å². The van der Waals surface area contributed by atoms with Crippen molar-refractivity contribution in [3.05, 3.63) is 11.8 Å². The van der Waals surface area contributed by atoms with Gasteiger partial charge in [-0.3, -0.25) is 0 Å². The average molecular weight is 259 g/mol. The molecule has 6 nitrogen and oxygen atoms in total. The highest BCUT2D eigenvalue weighted by Crippen LogP contribution is 2.41. The van der Waals surface area contributed by atoms with Gasteiger partial charge in [0.2, 0.25) is 5.58 Å². The number of aromatic nitrogens is 2. The molecule has 6 heteroatoms. The van der Waals surface area contributed by atoms with Crippen molar-refractivity contribution in [1.82, 2.24) is 10.1 Å². The summed E-state index contributed by atoms with van der Waals surface area (Å²) in [5.74, 6) is 1.85. The Hall–Kier alpha value is -1.82. The van der Waals surface area contributed by atoms with Crippen molar-refractivity contribution in [3.63, 3.8) is 0 Å². The summed E-state index contributed by atoms with van der Waals surface area (Å²) in [5, 5.41) is 4.70. The van der Waals surface area contributed by atoms with E-state index in [1.54, 1.807) is 0 Å². The molecule has 3 unspecified atom stereocenters. The third-order valence-corrected chi connectivity index (χ3v) is 4.52. The van der Waals surface area contributed by atoms with Gasteiger partial charge in [-0.15, -0.1) is 0 Å². The first-order valence-corrected chi connectivity index (χ1v) is 6.70. The third-order valence-electron chi connectivity index (χ3n) is 4.52. The highest BCUT2D eigenvalue weighted by molar-refractivity contribution is 5.94. The molecule has 4 rings (SSSR count). The summed E-state index contributed by atoms with van der Waals surface area (Å²) in [6, 6.07) is 2.53. The molecule has 1 aliphatic heterocycles. The van der Waals surface area contributed by atoms with Crippen LogP contribution in [-0.2, 0) is 0 Å². The van der Waals surface area contributed by atoms with Gasteiger partial charge in [0, 0.05) is 24.3 Å². The zero-order chi connectivity index (χ0) is 13.1. The number of hydrogen-bond donors (Lipinski definition) is 2. The number of nitrogens with two attached hydrogens (primary N) is 2. The number of fused-ring (bicyclic) bond motifs is 3. The molecule has 0 amide bonds. The fourth-order valence-electron chi connectivity index (χ4n) is 3.56. The molecule has 2 aromatic heterocycles. The largest absolute Gasteiger partial charge is 0.380 e. The molecule has 1 saturated carbocycles. The van der Waals surface area contributed by atoms with Gasteiger partial charge in [-0.1, -0.05) is 5.16 Å². The third kappa shape index (κ3) is 1.40. The summed E-state index contributed by atoms with van der Waals surface area (Å²) >= 11 is 0. The molecule has 2 aliphatic rings. The molecule has 2 aromatic rings. The number of hydrogen-bond acceptors (Lipinski definition) is 6. The van der Waals surface area contributed by atoms with Crippen LogP contribution >= 0.6 is 0 Å². The van der Waals surface area contributed by atoms with Crippen LogP contribution in [-0.4, -0.2) is 28.8 Å². The first-order valence-electron chi connectivity index (χ1n) is 6.70. The normalized spacial score (nSPS) is 29.6. The number of nitrogens with zero attached hydrogens (tertiary/aromatic N) is 3. The van der Waals surface area contributed by atoms with Crippen LogP contribution in [0.3, 0.4) is 0 Å². The summed E-state index contributed by atoms with van der Waals surface area (Å²) in [7, 11) is 0. The van der Waals surface area contributed by atoms with Crippen LogP contribution < -0.4 is 16.4 Å². The Kier molecular flexibility index (Phi) is 2.09. The van der Waals surface area contributed by atoms with Crippen molar-refractivity contribution < 1.29 is 4.52 Å². The van der Waals surface area contributed by atoms with Gasteiger partial charge in [0.25, 0.3) is 0 Å². The van der Waals surface area contributed by atoms with Gasteiger partial charge in [0.05, 0.1) is 5.39 Å². The zero-order valence-electron chi connectivity index (χ0n) is 10.8. The van der Waals surface area contributed by atoms with Crippen molar-refractivity contribution in [1.29, 1.82) is 0 Å². The Morgan fingerprint density at radius 1 is 1.42 bits per heavy atom. The van der Waals surface area contributed by atoms with Gasteiger partial charge in [-0.2, -0.15) is 0 Å². The molecule has 2 bridgehead atoms. The maximum absolute atomic E-state index is 6.26. The molecule has 0 radical (unpaired) electrons. The molecule has 1 saturated heterocycles. The van der Waals surface area contributed by atoms with Crippen molar-refractivity contribution >= 4 is 22.6 Å². The molecule has 0 aromatic carbocycles. The number of aryl methyl sites for hydroxylation is 1. The number of nitrogen functional groups attached to an aromatic ring is 1. The monoisotopic (exact) mass is 259 g/mol. The summed E-state index contributed by atoms with van der Waals surface area (Å²) in [4.78, 5) is 6.91. The molecule has 1 aliphatic carbocycles. The van der Waals surface area contributed by atoms with E-state index in [1.807, 2.05) is 13.0 Å². The lowest BCUT2D eigenvalue weighted by molar-refractivity contribution is 0.457. The Balaban J connectivity index is 1.87. The van der Waals surface area contributed by atoms with E-state index >= 15 is 0 Å². The second-order valence-corrected chi connectivity index (χ2v) is 5.67. The highest BCUT2D eigenvalue weighted by atomic mass is 16.5. The smallest absolute Gasteiger partial charge is 0.211 e. The number of piperidine rings is 1. The predicted molar refractivity (Wildman–Crippen MR) is 72.8 cm³/mol. The summed E-state index contributed by atoms with van der Waals surface area (Å²) in [6.45, 7) is 2.92. The van der Waals surface area contributed by atoms with Crippen molar-refractivity contribution in [2.45, 2.75) is 31.8 Å². The van der Waals surface area contributed by atoms with Gasteiger partial charge in [0.1, 0.15) is 0 Å². The summed E-state index contributed by atoms with van der Waals surface area (Å²) in [5.41, 5.74) is 13.7. The standard InChI is InChI=1S/C13H17N5O/c1-6-4-8-11(19-17-12(8)15)13(16-6)18-5-7-2-3-9(18)10(7)14/h4,7,9-10H,2-3,5,14H2,1H3,(H2,15,17). The molecule has 0 spiro atoms. The molecular weight excluding hydrogens is 242 g/mol. The maximum Gasteiger partial charge on any atom is 0.211 e. The second kappa shape index (κ2) is 3.60.